The third kappa shape index (κ3) is 12.5. The van der Waals surface area contributed by atoms with Crippen molar-refractivity contribution in [3.05, 3.63) is 0 Å². The van der Waals surface area contributed by atoms with Crippen LogP contribution in [-0.2, 0) is 19.1 Å². The van der Waals surface area contributed by atoms with Crippen molar-refractivity contribution in [3.63, 3.8) is 0 Å². The molecule has 0 aromatic rings. The number of hydrogen-bond acceptors (Lipinski definition) is 4. The Hall–Kier alpha value is -0.626. The summed E-state index contributed by atoms with van der Waals surface area (Å²) in [6, 6.07) is 1.84. The number of ether oxygens (including phenoxy) is 2. The van der Waals surface area contributed by atoms with Gasteiger partial charge in [0.15, 0.2) is 5.92 Å². The van der Waals surface area contributed by atoms with Gasteiger partial charge in [0, 0.05) is 16.1 Å². The molecule has 0 saturated heterocycles. The molecule has 0 unspecified atom stereocenters. The van der Waals surface area contributed by atoms with E-state index in [1.165, 1.54) is 0 Å². The summed E-state index contributed by atoms with van der Waals surface area (Å²) in [5.74, 6) is -1.57. The largest absolute Gasteiger partial charge is 0.465 e. The topological polar surface area (TPSA) is 52.6 Å². The lowest BCUT2D eigenvalue weighted by Crippen LogP contribution is -2.31. The van der Waals surface area contributed by atoms with Crippen molar-refractivity contribution < 1.29 is 19.1 Å². The number of carbonyl (C=O) groups excluding carboxylic acids is 2. The highest BCUT2D eigenvalue weighted by Crippen LogP contribution is 2.16. The molecule has 0 aliphatic rings. The van der Waals surface area contributed by atoms with Gasteiger partial charge in [-0.3, -0.25) is 9.59 Å². The van der Waals surface area contributed by atoms with Gasteiger partial charge in [-0.1, -0.05) is 59.0 Å². The fourth-order valence-corrected chi connectivity index (χ4v) is 3.29. The maximum absolute atomic E-state index is 12.2. The molecule has 0 spiro atoms. The van der Waals surface area contributed by atoms with Gasteiger partial charge in [-0.05, 0) is 18.5 Å². The van der Waals surface area contributed by atoms with Crippen LogP contribution in [0.5, 0.6) is 0 Å². The lowest BCUT2D eigenvalue weighted by Gasteiger charge is -2.19. The molecule has 136 valence electrons. The van der Waals surface area contributed by atoms with Crippen molar-refractivity contribution in [3.8, 4) is 0 Å². The van der Waals surface area contributed by atoms with Crippen molar-refractivity contribution >= 4 is 28.1 Å². The van der Waals surface area contributed by atoms with Gasteiger partial charge in [-0.25, -0.2) is 0 Å². The highest BCUT2D eigenvalue weighted by Gasteiger charge is 2.30. The summed E-state index contributed by atoms with van der Waals surface area (Å²) in [7, 11) is -2.48. The van der Waals surface area contributed by atoms with Gasteiger partial charge < -0.3 is 9.47 Å². The van der Waals surface area contributed by atoms with E-state index in [1.807, 2.05) is 6.92 Å². The molecule has 0 amide bonds. The molecule has 0 heterocycles. The first kappa shape index (κ1) is 22.4. The monoisotopic (exact) mass is 360 g/mol. The van der Waals surface area contributed by atoms with Gasteiger partial charge in [0.05, 0.1) is 13.2 Å². The second-order valence-electron chi connectivity index (χ2n) is 8.65. The van der Waals surface area contributed by atoms with E-state index in [-0.39, 0.29) is 0 Å². The molecular weight excluding hydrogens is 324 g/mol. The second-order valence-corrected chi connectivity index (χ2v) is 19.9. The molecule has 0 atom stereocenters. The van der Waals surface area contributed by atoms with Gasteiger partial charge in [-0.15, -0.1) is 0 Å². The number of rotatable bonds is 11. The van der Waals surface area contributed by atoms with Gasteiger partial charge in [-0.2, -0.15) is 0 Å². The Morgan fingerprint density at radius 1 is 0.826 bits per heavy atom. The van der Waals surface area contributed by atoms with E-state index < -0.39 is 34.0 Å². The summed E-state index contributed by atoms with van der Waals surface area (Å²) in [5, 5.41) is 0. The maximum atomic E-state index is 12.2. The fourth-order valence-electron chi connectivity index (χ4n) is 1.86. The van der Waals surface area contributed by atoms with Crippen molar-refractivity contribution in [2.24, 2.45) is 5.92 Å². The Kier molecular flexibility index (Phi) is 10.0. The summed E-state index contributed by atoms with van der Waals surface area (Å²) in [6.07, 6.45) is 2.30. The summed E-state index contributed by atoms with van der Waals surface area (Å²) in [5.41, 5.74) is 0. The lowest BCUT2D eigenvalue weighted by molar-refractivity contribution is -0.161. The first-order valence-electron chi connectivity index (χ1n) is 8.79. The van der Waals surface area contributed by atoms with Crippen molar-refractivity contribution in [2.75, 3.05) is 13.2 Å². The molecule has 0 bridgehead atoms. The molecule has 0 fully saturated rings. The van der Waals surface area contributed by atoms with Crippen LogP contribution in [0.25, 0.3) is 0 Å². The van der Waals surface area contributed by atoms with Crippen LogP contribution in [0.4, 0.5) is 0 Å². The fraction of sp³-hybridized carbons (Fsp3) is 0.882. The van der Waals surface area contributed by atoms with Crippen molar-refractivity contribution in [2.45, 2.75) is 77.6 Å². The van der Waals surface area contributed by atoms with Crippen LogP contribution < -0.4 is 0 Å². The molecule has 0 radical (unpaired) electrons. The van der Waals surface area contributed by atoms with Crippen LogP contribution in [0, 0.1) is 5.92 Å². The number of carbonyl (C=O) groups is 2. The minimum Gasteiger partial charge on any atom is -0.465 e. The summed E-state index contributed by atoms with van der Waals surface area (Å²) >= 11 is 0. The van der Waals surface area contributed by atoms with E-state index in [4.69, 9.17) is 9.47 Å². The van der Waals surface area contributed by atoms with E-state index in [1.54, 1.807) is 0 Å². The molecule has 0 saturated carbocycles. The smallest absolute Gasteiger partial charge is 0.320 e. The Morgan fingerprint density at radius 2 is 1.22 bits per heavy atom. The van der Waals surface area contributed by atoms with Crippen LogP contribution in [0.15, 0.2) is 0 Å². The Labute approximate surface area is 144 Å². The quantitative estimate of drug-likeness (QED) is 0.308. The SMILES string of the molecule is CCCCC(C(=O)OCC[Si](C)(C)C)C(=O)OCC[Si](C)(C)C. The van der Waals surface area contributed by atoms with E-state index >= 15 is 0 Å². The number of hydrogen-bond donors (Lipinski definition) is 0. The highest BCUT2D eigenvalue weighted by molar-refractivity contribution is 6.76. The lowest BCUT2D eigenvalue weighted by atomic mass is 10.0. The second kappa shape index (κ2) is 10.3. The molecule has 0 aliphatic carbocycles. The van der Waals surface area contributed by atoms with Crippen LogP contribution in [0.3, 0.4) is 0 Å². The molecular formula is C17H36O4Si2. The van der Waals surface area contributed by atoms with Crippen molar-refractivity contribution in [1.29, 1.82) is 0 Å². The molecule has 0 rings (SSSR count). The number of unbranched alkanes of at least 4 members (excludes halogenated alkanes) is 1. The predicted octanol–water partition coefficient (Wildman–Crippen LogP) is 4.56. The summed E-state index contributed by atoms with van der Waals surface area (Å²) in [6.45, 7) is 16.3. The minimum absolute atomic E-state index is 0.408. The Balaban J connectivity index is 4.47. The zero-order valence-electron chi connectivity index (χ0n) is 16.2. The van der Waals surface area contributed by atoms with E-state index in [9.17, 15) is 9.59 Å². The Bertz CT molecular complexity index is 338. The third-order valence-corrected chi connectivity index (χ3v) is 7.02. The summed E-state index contributed by atoms with van der Waals surface area (Å²) in [4.78, 5) is 24.5. The van der Waals surface area contributed by atoms with Crippen LogP contribution in [0.1, 0.15) is 26.2 Å². The zero-order chi connectivity index (χ0) is 18.1. The highest BCUT2D eigenvalue weighted by atomic mass is 28.3. The van der Waals surface area contributed by atoms with E-state index in [2.05, 4.69) is 39.3 Å². The number of esters is 2. The predicted molar refractivity (Wildman–Crippen MR) is 101 cm³/mol. The standard InChI is InChI=1S/C17H36O4Si2/c1-8-9-10-15(16(18)20-11-13-22(2,3)4)17(19)21-12-14-23(5,6)7/h15H,8-14H2,1-7H3. The molecule has 0 aromatic carbocycles. The maximum Gasteiger partial charge on any atom is 0.320 e. The molecule has 0 aliphatic heterocycles. The first-order valence-corrected chi connectivity index (χ1v) is 16.2. The zero-order valence-corrected chi connectivity index (χ0v) is 18.2. The average molecular weight is 361 g/mol. The first-order chi connectivity index (χ1) is 10.5. The van der Waals surface area contributed by atoms with Crippen LogP contribution >= 0.6 is 0 Å². The molecule has 6 heteroatoms. The average Bonchev–Trinajstić information content (AvgIpc) is 2.36. The molecule has 0 aromatic heterocycles. The van der Waals surface area contributed by atoms with Gasteiger partial charge in [0.2, 0.25) is 0 Å². The molecule has 23 heavy (non-hydrogen) atoms. The van der Waals surface area contributed by atoms with E-state index in [0.717, 1.165) is 24.9 Å². The van der Waals surface area contributed by atoms with Gasteiger partial charge in [0.25, 0.3) is 0 Å². The minimum atomic E-state index is -1.24. The normalized spacial score (nSPS) is 12.3. The van der Waals surface area contributed by atoms with E-state index in [0.29, 0.717) is 19.6 Å². The van der Waals surface area contributed by atoms with Crippen molar-refractivity contribution in [1.82, 2.24) is 0 Å². The molecule has 4 nitrogen and oxygen atoms in total. The van der Waals surface area contributed by atoms with Gasteiger partial charge >= 0.3 is 11.9 Å². The van der Waals surface area contributed by atoms with Gasteiger partial charge in [0.1, 0.15) is 0 Å². The third-order valence-electron chi connectivity index (χ3n) is 3.61. The Morgan fingerprint density at radius 3 is 1.52 bits per heavy atom. The molecule has 0 N–H and O–H groups in total. The summed E-state index contributed by atoms with van der Waals surface area (Å²) < 4.78 is 10.7. The van der Waals surface area contributed by atoms with Crippen LogP contribution in [0.2, 0.25) is 51.4 Å². The van der Waals surface area contributed by atoms with Crippen LogP contribution in [-0.4, -0.2) is 41.3 Å².